The first kappa shape index (κ1) is 12.9. The Hall–Kier alpha value is -0.120. The highest BCUT2D eigenvalue weighted by Crippen LogP contribution is 2.17. The lowest BCUT2D eigenvalue weighted by Gasteiger charge is -2.36. The molecule has 2 atom stereocenters. The molecule has 1 aliphatic heterocycles. The minimum Gasteiger partial charge on any atom is -0.380 e. The summed E-state index contributed by atoms with van der Waals surface area (Å²) in [4.78, 5) is 2.57. The Kier molecular flexibility index (Phi) is 6.22. The van der Waals surface area contributed by atoms with Gasteiger partial charge < -0.3 is 10.1 Å². The predicted octanol–water partition coefficient (Wildman–Crippen LogP) is 1.34. The highest BCUT2D eigenvalue weighted by atomic mass is 16.5. The number of nitrogens with zero attached hydrogens (tertiary/aromatic N) is 1. The number of piperidine rings is 1. The average molecular weight is 214 g/mol. The quantitative estimate of drug-likeness (QED) is 0.722. The van der Waals surface area contributed by atoms with E-state index in [2.05, 4.69) is 24.1 Å². The number of nitrogens with one attached hydrogen (secondary N) is 1. The highest BCUT2D eigenvalue weighted by molar-refractivity contribution is 4.77. The summed E-state index contributed by atoms with van der Waals surface area (Å²) in [6.07, 6.45) is 2.71. The Morgan fingerprint density at radius 2 is 2.33 bits per heavy atom. The first-order valence-corrected chi connectivity index (χ1v) is 6.24. The average Bonchev–Trinajstić information content (AvgIpc) is 2.27. The van der Waals surface area contributed by atoms with Crippen LogP contribution in [0.4, 0.5) is 0 Å². The van der Waals surface area contributed by atoms with Crippen LogP contribution in [-0.4, -0.2) is 50.8 Å². The molecule has 0 saturated carbocycles. The zero-order valence-electron chi connectivity index (χ0n) is 10.5. The van der Waals surface area contributed by atoms with Crippen molar-refractivity contribution in [3.63, 3.8) is 0 Å². The number of likely N-dealkylation sites (tertiary alicyclic amines) is 1. The molecule has 0 aromatic rings. The maximum atomic E-state index is 5.49. The summed E-state index contributed by atoms with van der Waals surface area (Å²) in [6, 6.07) is 0.574. The molecule has 15 heavy (non-hydrogen) atoms. The van der Waals surface area contributed by atoms with Gasteiger partial charge in [0, 0.05) is 19.2 Å². The molecular weight excluding hydrogens is 188 g/mol. The van der Waals surface area contributed by atoms with E-state index < -0.39 is 0 Å². The lowest BCUT2D eigenvalue weighted by atomic mass is 9.97. The molecule has 1 rings (SSSR count). The first-order valence-electron chi connectivity index (χ1n) is 6.24. The number of ether oxygens (including phenoxy) is 1. The van der Waals surface area contributed by atoms with Crippen LogP contribution >= 0.6 is 0 Å². The lowest BCUT2D eigenvalue weighted by Crippen LogP contribution is -2.45. The smallest absolute Gasteiger partial charge is 0.0618 e. The van der Waals surface area contributed by atoms with Crippen molar-refractivity contribution in [1.82, 2.24) is 10.2 Å². The predicted molar refractivity (Wildman–Crippen MR) is 64.2 cm³/mol. The first-order chi connectivity index (χ1) is 7.27. The van der Waals surface area contributed by atoms with Crippen molar-refractivity contribution in [1.29, 1.82) is 0 Å². The van der Waals surface area contributed by atoms with Crippen LogP contribution in [0.25, 0.3) is 0 Å². The number of hydrogen-bond acceptors (Lipinski definition) is 3. The van der Waals surface area contributed by atoms with Crippen LogP contribution in [-0.2, 0) is 4.74 Å². The fourth-order valence-electron chi connectivity index (χ4n) is 2.35. The van der Waals surface area contributed by atoms with Crippen LogP contribution in [0.2, 0.25) is 0 Å². The summed E-state index contributed by atoms with van der Waals surface area (Å²) in [6.45, 7) is 9.67. The standard InChI is InChI=1S/C12H26N2O/c1-4-15-10-11(2)14-7-5-6-12(9-14)8-13-3/h11-13H,4-10H2,1-3H3. The molecule has 0 bridgehead atoms. The Labute approximate surface area is 94.2 Å². The SMILES string of the molecule is CCOCC(C)N1CCCC(CNC)C1. The Morgan fingerprint density at radius 3 is 3.00 bits per heavy atom. The van der Waals surface area contributed by atoms with E-state index in [0.717, 1.165) is 25.7 Å². The van der Waals surface area contributed by atoms with Crippen molar-refractivity contribution < 1.29 is 4.74 Å². The van der Waals surface area contributed by atoms with E-state index in [0.29, 0.717) is 6.04 Å². The summed E-state index contributed by atoms with van der Waals surface area (Å²) in [5, 5.41) is 3.28. The van der Waals surface area contributed by atoms with Gasteiger partial charge in [-0.2, -0.15) is 0 Å². The maximum Gasteiger partial charge on any atom is 0.0618 e. The molecule has 0 spiro atoms. The molecule has 0 radical (unpaired) electrons. The van der Waals surface area contributed by atoms with Crippen molar-refractivity contribution in [2.24, 2.45) is 5.92 Å². The van der Waals surface area contributed by atoms with Crippen LogP contribution in [0.15, 0.2) is 0 Å². The molecule has 1 heterocycles. The Bertz CT molecular complexity index is 162. The summed E-state index contributed by atoms with van der Waals surface area (Å²) in [7, 11) is 2.04. The summed E-state index contributed by atoms with van der Waals surface area (Å²) < 4.78 is 5.49. The molecule has 0 aromatic carbocycles. The maximum absolute atomic E-state index is 5.49. The second kappa shape index (κ2) is 7.20. The zero-order chi connectivity index (χ0) is 11.1. The molecule has 3 nitrogen and oxygen atoms in total. The van der Waals surface area contributed by atoms with Crippen molar-refractivity contribution in [3.05, 3.63) is 0 Å². The normalized spacial score (nSPS) is 25.4. The van der Waals surface area contributed by atoms with E-state index in [9.17, 15) is 0 Å². The van der Waals surface area contributed by atoms with E-state index in [1.807, 2.05) is 7.05 Å². The number of hydrogen-bond donors (Lipinski definition) is 1. The lowest BCUT2D eigenvalue weighted by molar-refractivity contribution is 0.0506. The van der Waals surface area contributed by atoms with Gasteiger partial charge in [0.25, 0.3) is 0 Å². The minimum atomic E-state index is 0.574. The summed E-state index contributed by atoms with van der Waals surface area (Å²) >= 11 is 0. The topological polar surface area (TPSA) is 24.5 Å². The molecule has 0 amide bonds. The molecule has 1 N–H and O–H groups in total. The van der Waals surface area contributed by atoms with Crippen LogP contribution in [0, 0.1) is 5.92 Å². The highest BCUT2D eigenvalue weighted by Gasteiger charge is 2.22. The van der Waals surface area contributed by atoms with Gasteiger partial charge in [0.05, 0.1) is 6.61 Å². The third-order valence-corrected chi connectivity index (χ3v) is 3.23. The van der Waals surface area contributed by atoms with Gasteiger partial charge in [-0.1, -0.05) is 0 Å². The van der Waals surface area contributed by atoms with Gasteiger partial charge in [-0.25, -0.2) is 0 Å². The van der Waals surface area contributed by atoms with Crippen molar-refractivity contribution >= 4 is 0 Å². The monoisotopic (exact) mass is 214 g/mol. The fourth-order valence-corrected chi connectivity index (χ4v) is 2.35. The van der Waals surface area contributed by atoms with Crippen LogP contribution in [0.5, 0.6) is 0 Å². The third-order valence-electron chi connectivity index (χ3n) is 3.23. The van der Waals surface area contributed by atoms with E-state index in [1.54, 1.807) is 0 Å². The molecule has 0 aliphatic carbocycles. The van der Waals surface area contributed by atoms with Gasteiger partial charge in [-0.05, 0) is 52.7 Å². The van der Waals surface area contributed by atoms with E-state index in [-0.39, 0.29) is 0 Å². The van der Waals surface area contributed by atoms with Gasteiger partial charge in [-0.15, -0.1) is 0 Å². The van der Waals surface area contributed by atoms with Crippen molar-refractivity contribution in [2.45, 2.75) is 32.7 Å². The fraction of sp³-hybridized carbons (Fsp3) is 1.00. The summed E-state index contributed by atoms with van der Waals surface area (Å²) in [5.41, 5.74) is 0. The molecule has 0 aromatic heterocycles. The van der Waals surface area contributed by atoms with Crippen LogP contribution in [0.3, 0.4) is 0 Å². The summed E-state index contributed by atoms with van der Waals surface area (Å²) in [5.74, 6) is 0.827. The largest absolute Gasteiger partial charge is 0.380 e. The second-order valence-electron chi connectivity index (χ2n) is 4.57. The van der Waals surface area contributed by atoms with E-state index in [1.165, 1.54) is 25.9 Å². The third kappa shape index (κ3) is 4.49. The van der Waals surface area contributed by atoms with Gasteiger partial charge in [0.15, 0.2) is 0 Å². The van der Waals surface area contributed by atoms with Crippen molar-refractivity contribution in [3.8, 4) is 0 Å². The van der Waals surface area contributed by atoms with E-state index >= 15 is 0 Å². The Balaban J connectivity index is 2.27. The van der Waals surface area contributed by atoms with Gasteiger partial charge in [0.1, 0.15) is 0 Å². The van der Waals surface area contributed by atoms with Crippen LogP contribution < -0.4 is 5.32 Å². The van der Waals surface area contributed by atoms with Gasteiger partial charge in [-0.3, -0.25) is 4.90 Å². The minimum absolute atomic E-state index is 0.574. The molecule has 1 saturated heterocycles. The zero-order valence-corrected chi connectivity index (χ0v) is 10.5. The molecular formula is C12H26N2O. The second-order valence-corrected chi connectivity index (χ2v) is 4.57. The van der Waals surface area contributed by atoms with Gasteiger partial charge >= 0.3 is 0 Å². The Morgan fingerprint density at radius 1 is 1.53 bits per heavy atom. The van der Waals surface area contributed by atoms with Crippen molar-refractivity contribution in [2.75, 3.05) is 39.9 Å². The molecule has 3 heteroatoms. The molecule has 90 valence electrons. The van der Waals surface area contributed by atoms with E-state index in [4.69, 9.17) is 4.74 Å². The number of rotatable bonds is 6. The molecule has 2 unspecified atom stereocenters. The molecule has 1 fully saturated rings. The van der Waals surface area contributed by atoms with Gasteiger partial charge in [0.2, 0.25) is 0 Å². The van der Waals surface area contributed by atoms with Crippen LogP contribution in [0.1, 0.15) is 26.7 Å². The molecule has 1 aliphatic rings.